The Morgan fingerprint density at radius 3 is 2.93 bits per heavy atom. The van der Waals surface area contributed by atoms with Crippen LogP contribution in [0.1, 0.15) is 19.8 Å². The van der Waals surface area contributed by atoms with Crippen LogP contribution in [0, 0.1) is 0 Å². The molecule has 0 spiro atoms. The molecule has 0 amide bonds. The summed E-state index contributed by atoms with van der Waals surface area (Å²) in [6, 6.07) is 1.23. The van der Waals surface area contributed by atoms with Crippen molar-refractivity contribution in [1.29, 1.82) is 0 Å². The lowest BCUT2D eigenvalue weighted by atomic mass is 9.99. The fraction of sp³-hybridized carbons (Fsp3) is 0.800. The Morgan fingerprint density at radius 1 is 1.64 bits per heavy atom. The molecule has 1 aliphatic rings. The lowest BCUT2D eigenvalue weighted by Crippen LogP contribution is -2.45. The highest BCUT2D eigenvalue weighted by Crippen LogP contribution is 2.15. The summed E-state index contributed by atoms with van der Waals surface area (Å²) < 4.78 is 0. The maximum atomic E-state index is 5.81. The first kappa shape index (κ1) is 12.3. The van der Waals surface area contributed by atoms with Gasteiger partial charge in [0.1, 0.15) is 0 Å². The van der Waals surface area contributed by atoms with E-state index >= 15 is 0 Å². The highest BCUT2D eigenvalue weighted by atomic mass is 35.5. The summed E-state index contributed by atoms with van der Waals surface area (Å²) in [6.45, 7) is 4.10. The summed E-state index contributed by atoms with van der Waals surface area (Å²) >= 11 is 11.3. The fourth-order valence-electron chi connectivity index (χ4n) is 1.76. The molecule has 1 N–H and O–H groups in total. The van der Waals surface area contributed by atoms with Crippen LogP contribution in [0.3, 0.4) is 0 Å². The van der Waals surface area contributed by atoms with Crippen molar-refractivity contribution in [3.05, 3.63) is 10.6 Å². The molecule has 2 atom stereocenters. The van der Waals surface area contributed by atoms with Gasteiger partial charge in [-0.25, -0.2) is 0 Å². The number of likely N-dealkylation sites (tertiary alicyclic amines) is 1. The zero-order chi connectivity index (χ0) is 10.6. The van der Waals surface area contributed by atoms with E-state index in [1.165, 1.54) is 18.4 Å². The standard InChI is InChI=1S/C10H18Cl2N2/c1-8-5-10(3-4-14(8)2)13-7-9(12)6-11/h6,8,10,13H,3-5,7H2,1-2H3. The molecule has 0 radical (unpaired) electrons. The lowest BCUT2D eigenvalue weighted by molar-refractivity contribution is 0.170. The van der Waals surface area contributed by atoms with Crippen molar-refractivity contribution in [3.63, 3.8) is 0 Å². The number of nitrogens with one attached hydrogen (secondary N) is 1. The zero-order valence-corrected chi connectivity index (χ0v) is 10.3. The van der Waals surface area contributed by atoms with Crippen LogP contribution in [0.4, 0.5) is 0 Å². The van der Waals surface area contributed by atoms with E-state index in [1.807, 2.05) is 0 Å². The molecule has 1 fully saturated rings. The minimum Gasteiger partial charge on any atom is -0.309 e. The summed E-state index contributed by atoms with van der Waals surface area (Å²) in [7, 11) is 2.17. The molecular weight excluding hydrogens is 219 g/mol. The number of piperidine rings is 1. The van der Waals surface area contributed by atoms with E-state index in [-0.39, 0.29) is 0 Å². The second-order valence-corrected chi connectivity index (χ2v) is 4.69. The van der Waals surface area contributed by atoms with Gasteiger partial charge in [-0.1, -0.05) is 23.2 Å². The van der Waals surface area contributed by atoms with Gasteiger partial charge < -0.3 is 10.2 Å². The average Bonchev–Trinajstić information content (AvgIpc) is 2.19. The van der Waals surface area contributed by atoms with Crippen LogP contribution in [0.2, 0.25) is 0 Å². The first-order valence-electron chi connectivity index (χ1n) is 5.02. The van der Waals surface area contributed by atoms with E-state index in [4.69, 9.17) is 23.2 Å². The van der Waals surface area contributed by atoms with Crippen molar-refractivity contribution >= 4 is 23.2 Å². The Morgan fingerprint density at radius 2 is 2.36 bits per heavy atom. The summed E-state index contributed by atoms with van der Waals surface area (Å²) in [5.41, 5.74) is 1.42. The third kappa shape index (κ3) is 3.77. The summed E-state index contributed by atoms with van der Waals surface area (Å²) in [6.07, 6.45) is 2.37. The second kappa shape index (κ2) is 5.96. The SMILES string of the molecule is CC1CC(NCC(Cl)=CCl)CCN1C. The molecule has 2 unspecified atom stereocenters. The fourth-order valence-corrected chi connectivity index (χ4v) is 1.91. The molecule has 2 nitrogen and oxygen atoms in total. The van der Waals surface area contributed by atoms with Crippen molar-refractivity contribution in [2.24, 2.45) is 0 Å². The number of rotatable bonds is 3. The molecular formula is C10H18Cl2N2. The lowest BCUT2D eigenvalue weighted by Gasteiger charge is -2.35. The number of hydrogen-bond acceptors (Lipinski definition) is 2. The highest BCUT2D eigenvalue weighted by Gasteiger charge is 2.21. The summed E-state index contributed by atoms with van der Waals surface area (Å²) in [5.74, 6) is 0. The topological polar surface area (TPSA) is 15.3 Å². The van der Waals surface area contributed by atoms with Crippen LogP contribution < -0.4 is 5.32 Å². The molecule has 0 aromatic rings. The van der Waals surface area contributed by atoms with Gasteiger partial charge in [0.15, 0.2) is 0 Å². The molecule has 1 saturated heterocycles. The molecule has 1 aliphatic heterocycles. The van der Waals surface area contributed by atoms with Gasteiger partial charge in [-0.3, -0.25) is 0 Å². The minimum absolute atomic E-state index is 0.576. The monoisotopic (exact) mass is 236 g/mol. The van der Waals surface area contributed by atoms with E-state index in [9.17, 15) is 0 Å². The number of halogens is 2. The second-order valence-electron chi connectivity index (χ2n) is 3.99. The van der Waals surface area contributed by atoms with Crippen LogP contribution in [0.25, 0.3) is 0 Å². The maximum Gasteiger partial charge on any atom is 0.0431 e. The largest absolute Gasteiger partial charge is 0.309 e. The molecule has 14 heavy (non-hydrogen) atoms. The first-order valence-corrected chi connectivity index (χ1v) is 5.83. The van der Waals surface area contributed by atoms with E-state index in [0.29, 0.717) is 23.7 Å². The minimum atomic E-state index is 0.576. The molecule has 1 rings (SSSR count). The molecule has 1 heterocycles. The first-order chi connectivity index (χ1) is 6.63. The Balaban J connectivity index is 2.26. The van der Waals surface area contributed by atoms with E-state index in [1.54, 1.807) is 0 Å². The van der Waals surface area contributed by atoms with Gasteiger partial charge in [-0.2, -0.15) is 0 Å². The van der Waals surface area contributed by atoms with E-state index < -0.39 is 0 Å². The van der Waals surface area contributed by atoms with Gasteiger partial charge >= 0.3 is 0 Å². The third-order valence-corrected chi connectivity index (χ3v) is 3.50. The van der Waals surface area contributed by atoms with Crippen LogP contribution in [-0.2, 0) is 0 Å². The normalized spacial score (nSPS) is 30.7. The van der Waals surface area contributed by atoms with Gasteiger partial charge in [0, 0.05) is 29.2 Å². The molecule has 0 saturated carbocycles. The van der Waals surface area contributed by atoms with Gasteiger partial charge in [-0.15, -0.1) is 0 Å². The van der Waals surface area contributed by atoms with E-state index in [0.717, 1.165) is 6.54 Å². The Labute approximate surface area is 96.2 Å². The van der Waals surface area contributed by atoms with Crippen molar-refractivity contribution in [2.75, 3.05) is 20.1 Å². The molecule has 4 heteroatoms. The maximum absolute atomic E-state index is 5.81. The Kier molecular flexibility index (Phi) is 5.24. The summed E-state index contributed by atoms with van der Waals surface area (Å²) in [4.78, 5) is 2.39. The number of nitrogens with zero attached hydrogens (tertiary/aromatic N) is 1. The van der Waals surface area contributed by atoms with Gasteiger partial charge in [0.2, 0.25) is 0 Å². The molecule has 0 aromatic carbocycles. The smallest absolute Gasteiger partial charge is 0.0431 e. The number of hydrogen-bond donors (Lipinski definition) is 1. The van der Waals surface area contributed by atoms with Gasteiger partial charge in [-0.05, 0) is 33.4 Å². The van der Waals surface area contributed by atoms with Crippen LogP contribution in [0.15, 0.2) is 10.6 Å². The quantitative estimate of drug-likeness (QED) is 0.810. The molecule has 82 valence electrons. The third-order valence-electron chi connectivity index (χ3n) is 2.89. The predicted octanol–water partition coefficient (Wildman–Crippen LogP) is 2.38. The Hall–Kier alpha value is 0.240. The Bertz CT molecular complexity index is 206. The van der Waals surface area contributed by atoms with Crippen LogP contribution in [0.5, 0.6) is 0 Å². The molecule has 0 aromatic heterocycles. The highest BCUT2D eigenvalue weighted by molar-refractivity contribution is 6.36. The zero-order valence-electron chi connectivity index (χ0n) is 8.76. The molecule has 0 aliphatic carbocycles. The van der Waals surface area contributed by atoms with Crippen molar-refractivity contribution in [2.45, 2.75) is 31.8 Å². The van der Waals surface area contributed by atoms with Crippen LogP contribution in [-0.4, -0.2) is 37.1 Å². The van der Waals surface area contributed by atoms with Crippen molar-refractivity contribution in [1.82, 2.24) is 10.2 Å². The van der Waals surface area contributed by atoms with Crippen LogP contribution >= 0.6 is 23.2 Å². The van der Waals surface area contributed by atoms with Crippen molar-refractivity contribution < 1.29 is 0 Å². The van der Waals surface area contributed by atoms with Crippen molar-refractivity contribution in [3.8, 4) is 0 Å². The summed E-state index contributed by atoms with van der Waals surface area (Å²) in [5, 5.41) is 4.09. The van der Waals surface area contributed by atoms with Gasteiger partial charge in [0.25, 0.3) is 0 Å². The van der Waals surface area contributed by atoms with E-state index in [2.05, 4.69) is 24.2 Å². The van der Waals surface area contributed by atoms with Gasteiger partial charge in [0.05, 0.1) is 0 Å². The average molecular weight is 237 g/mol. The molecule has 0 bridgehead atoms. The predicted molar refractivity (Wildman–Crippen MR) is 62.9 cm³/mol.